The molecule has 0 N–H and O–H groups in total. The maximum atomic E-state index is 13.6. The number of ether oxygens (including phenoxy) is 1. The highest BCUT2D eigenvalue weighted by Gasteiger charge is 2.35. The predicted molar refractivity (Wildman–Crippen MR) is 99.1 cm³/mol. The third-order valence-electron chi connectivity index (χ3n) is 4.47. The van der Waals surface area contributed by atoms with Gasteiger partial charge in [-0.05, 0) is 30.7 Å². The van der Waals surface area contributed by atoms with Gasteiger partial charge >= 0.3 is 6.18 Å². The minimum atomic E-state index is -4.60. The number of aryl methyl sites for hydroxylation is 1. The van der Waals surface area contributed by atoms with Crippen molar-refractivity contribution in [3.8, 4) is 22.4 Å². The number of hydrogen-bond acceptors (Lipinski definition) is 5. The third kappa shape index (κ3) is 3.58. The fourth-order valence-electron chi connectivity index (χ4n) is 3.13. The molecule has 29 heavy (non-hydrogen) atoms. The maximum absolute atomic E-state index is 13.6. The molecule has 4 heterocycles. The third-order valence-corrected chi connectivity index (χ3v) is 4.47. The first kappa shape index (κ1) is 19.1. The molecular weight excluding hydrogens is 385 g/mol. The number of rotatable bonds is 5. The fraction of sp³-hybridized carbons (Fsp3) is 0.263. The Morgan fingerprint density at radius 2 is 1.90 bits per heavy atom. The van der Waals surface area contributed by atoms with Gasteiger partial charge < -0.3 is 4.74 Å². The van der Waals surface area contributed by atoms with Crippen molar-refractivity contribution in [1.29, 1.82) is 0 Å². The Morgan fingerprint density at radius 3 is 2.59 bits per heavy atom. The molecule has 0 atom stereocenters. The first-order chi connectivity index (χ1) is 13.9. The number of pyridine rings is 1. The quantitative estimate of drug-likeness (QED) is 0.510. The summed E-state index contributed by atoms with van der Waals surface area (Å²) in [6, 6.07) is 4.30. The molecular formula is C19H17F3N6O. The van der Waals surface area contributed by atoms with Crippen LogP contribution in [0.15, 0.2) is 43.0 Å². The molecule has 4 rings (SSSR count). The van der Waals surface area contributed by atoms with E-state index in [9.17, 15) is 13.2 Å². The van der Waals surface area contributed by atoms with Gasteiger partial charge in [0.1, 0.15) is 0 Å². The number of methoxy groups -OCH3 is 1. The van der Waals surface area contributed by atoms with Crippen LogP contribution in [0.3, 0.4) is 0 Å². The molecule has 0 aliphatic carbocycles. The van der Waals surface area contributed by atoms with Crippen molar-refractivity contribution < 1.29 is 17.9 Å². The van der Waals surface area contributed by atoms with Crippen molar-refractivity contribution in [3.63, 3.8) is 0 Å². The summed E-state index contributed by atoms with van der Waals surface area (Å²) in [5.74, 6) is 0. The van der Waals surface area contributed by atoms with Crippen LogP contribution in [0.4, 0.5) is 13.2 Å². The summed E-state index contributed by atoms with van der Waals surface area (Å²) in [5, 5.41) is 8.10. The highest BCUT2D eigenvalue weighted by molar-refractivity contribution is 5.80. The molecule has 4 aromatic heterocycles. The summed E-state index contributed by atoms with van der Waals surface area (Å²) in [7, 11) is 1.59. The molecule has 0 aliphatic heterocycles. The number of alkyl halides is 3. The van der Waals surface area contributed by atoms with Crippen molar-refractivity contribution in [3.05, 3.63) is 54.4 Å². The number of hydrogen-bond donors (Lipinski definition) is 0. The molecule has 0 saturated heterocycles. The van der Waals surface area contributed by atoms with E-state index >= 15 is 0 Å². The summed E-state index contributed by atoms with van der Waals surface area (Å²) in [4.78, 5) is 8.44. The highest BCUT2D eigenvalue weighted by atomic mass is 19.4. The smallest absolute Gasteiger partial charge is 0.383 e. The van der Waals surface area contributed by atoms with E-state index in [4.69, 9.17) is 4.74 Å². The van der Waals surface area contributed by atoms with E-state index in [2.05, 4.69) is 20.2 Å². The fourth-order valence-corrected chi connectivity index (χ4v) is 3.13. The molecule has 0 radical (unpaired) electrons. The zero-order chi connectivity index (χ0) is 20.6. The van der Waals surface area contributed by atoms with Crippen LogP contribution in [-0.2, 0) is 17.5 Å². The molecule has 0 aromatic carbocycles. The van der Waals surface area contributed by atoms with E-state index in [0.717, 1.165) is 6.07 Å². The van der Waals surface area contributed by atoms with Gasteiger partial charge in [0.25, 0.3) is 0 Å². The van der Waals surface area contributed by atoms with Gasteiger partial charge in [0.15, 0.2) is 11.3 Å². The van der Waals surface area contributed by atoms with Crippen molar-refractivity contribution >= 4 is 5.65 Å². The van der Waals surface area contributed by atoms with Gasteiger partial charge in [-0.25, -0.2) is 9.50 Å². The number of halogens is 3. The Kier molecular flexibility index (Phi) is 4.79. The van der Waals surface area contributed by atoms with Gasteiger partial charge in [-0.1, -0.05) is 0 Å². The topological polar surface area (TPSA) is 70.1 Å². The van der Waals surface area contributed by atoms with Gasteiger partial charge in [-0.15, -0.1) is 0 Å². The summed E-state index contributed by atoms with van der Waals surface area (Å²) in [6.45, 7) is 2.73. The lowest BCUT2D eigenvalue weighted by molar-refractivity contribution is -0.141. The summed E-state index contributed by atoms with van der Waals surface area (Å²) < 4.78 is 48.6. The largest absolute Gasteiger partial charge is 0.435 e. The molecule has 0 unspecified atom stereocenters. The maximum Gasteiger partial charge on any atom is 0.435 e. The van der Waals surface area contributed by atoms with Gasteiger partial charge in [-0.2, -0.15) is 23.4 Å². The van der Waals surface area contributed by atoms with Gasteiger partial charge in [-0.3, -0.25) is 9.67 Å². The van der Waals surface area contributed by atoms with E-state index < -0.39 is 11.9 Å². The van der Waals surface area contributed by atoms with E-state index in [0.29, 0.717) is 46.9 Å². The Balaban J connectivity index is 1.95. The number of aromatic nitrogens is 6. The summed E-state index contributed by atoms with van der Waals surface area (Å²) in [5.41, 5.74) is 1.88. The second-order valence-corrected chi connectivity index (χ2v) is 6.44. The molecule has 10 heteroatoms. The first-order valence-electron chi connectivity index (χ1n) is 8.78. The predicted octanol–water partition coefficient (Wildman–Crippen LogP) is 3.63. The van der Waals surface area contributed by atoms with Crippen molar-refractivity contribution in [2.75, 3.05) is 13.7 Å². The lowest BCUT2D eigenvalue weighted by Gasteiger charge is -2.11. The molecule has 0 bridgehead atoms. The van der Waals surface area contributed by atoms with Gasteiger partial charge in [0.05, 0.1) is 30.7 Å². The van der Waals surface area contributed by atoms with Crippen LogP contribution in [-0.4, -0.2) is 43.1 Å². The van der Waals surface area contributed by atoms with Crippen LogP contribution in [0, 0.1) is 6.92 Å². The van der Waals surface area contributed by atoms with Crippen LogP contribution < -0.4 is 0 Å². The molecule has 0 amide bonds. The second-order valence-electron chi connectivity index (χ2n) is 6.44. The van der Waals surface area contributed by atoms with E-state index in [-0.39, 0.29) is 0 Å². The number of imidazole rings is 1. The average Bonchev–Trinajstić information content (AvgIpc) is 3.28. The molecule has 0 fully saturated rings. The minimum Gasteiger partial charge on any atom is -0.383 e. The Morgan fingerprint density at radius 1 is 1.14 bits per heavy atom. The minimum absolute atomic E-state index is 0.329. The normalized spacial score (nSPS) is 12.0. The Hall–Kier alpha value is -3.27. The number of nitrogens with zero attached hydrogens (tertiary/aromatic N) is 6. The Bertz CT molecular complexity index is 1150. The van der Waals surface area contributed by atoms with E-state index in [1.807, 2.05) is 0 Å². The average molecular weight is 402 g/mol. The zero-order valence-electron chi connectivity index (χ0n) is 15.7. The standard InChI is InChI=1S/C19H17F3N6O/c1-12-17(14-10-24-27(11-14)7-8-29-2)28-18(25-12)15(13-3-5-23-6-4-13)9-16(26-28)19(20,21)22/h3-6,9-11H,7-8H2,1-2H3. The van der Waals surface area contributed by atoms with Crippen molar-refractivity contribution in [2.24, 2.45) is 0 Å². The number of fused-ring (bicyclic) bond motifs is 1. The highest BCUT2D eigenvalue weighted by Crippen LogP contribution is 2.35. The van der Waals surface area contributed by atoms with Crippen LogP contribution in [0.5, 0.6) is 0 Å². The van der Waals surface area contributed by atoms with Crippen LogP contribution >= 0.6 is 0 Å². The second kappa shape index (κ2) is 7.28. The molecule has 4 aromatic rings. The molecule has 0 spiro atoms. The molecule has 150 valence electrons. The van der Waals surface area contributed by atoms with Crippen LogP contribution in [0.2, 0.25) is 0 Å². The SMILES string of the molecule is COCCn1cc(-c2c(C)nc3c(-c4ccncc4)cc(C(F)(F)F)nn23)cn1. The molecule has 7 nitrogen and oxygen atoms in total. The lowest BCUT2D eigenvalue weighted by atomic mass is 10.1. The Labute approximate surface area is 163 Å². The van der Waals surface area contributed by atoms with E-state index in [1.165, 1.54) is 16.9 Å². The van der Waals surface area contributed by atoms with Crippen molar-refractivity contribution in [2.45, 2.75) is 19.6 Å². The zero-order valence-corrected chi connectivity index (χ0v) is 15.7. The van der Waals surface area contributed by atoms with Gasteiger partial charge in [0.2, 0.25) is 0 Å². The summed E-state index contributed by atoms with van der Waals surface area (Å²) >= 11 is 0. The monoisotopic (exact) mass is 402 g/mol. The molecule has 0 saturated carbocycles. The first-order valence-corrected chi connectivity index (χ1v) is 8.78. The molecule has 0 aliphatic rings. The van der Waals surface area contributed by atoms with E-state index in [1.54, 1.807) is 43.2 Å². The summed E-state index contributed by atoms with van der Waals surface area (Å²) in [6.07, 6.45) is 1.77. The van der Waals surface area contributed by atoms with Crippen LogP contribution in [0.1, 0.15) is 11.4 Å². The van der Waals surface area contributed by atoms with Crippen molar-refractivity contribution in [1.82, 2.24) is 29.4 Å². The lowest BCUT2D eigenvalue weighted by Crippen LogP contribution is -2.12. The van der Waals surface area contributed by atoms with Gasteiger partial charge in [0, 0.05) is 36.8 Å². The van der Waals surface area contributed by atoms with Crippen LogP contribution in [0.25, 0.3) is 28.0 Å².